The van der Waals surface area contributed by atoms with Crippen LogP contribution in [0.5, 0.6) is 0 Å². The van der Waals surface area contributed by atoms with Crippen molar-refractivity contribution in [3.8, 4) is 11.1 Å². The molecular formula is C62H71BN2. The molecule has 0 radical (unpaired) electrons. The Morgan fingerprint density at radius 1 is 0.369 bits per heavy atom. The summed E-state index contributed by atoms with van der Waals surface area (Å²) in [7, 11) is 0. The highest BCUT2D eigenvalue weighted by Crippen LogP contribution is 2.55. The molecule has 0 amide bonds. The Morgan fingerprint density at radius 3 is 1.42 bits per heavy atom. The number of hydrogen-bond donors (Lipinski definition) is 0. The monoisotopic (exact) mass is 855 g/mol. The Kier molecular flexibility index (Phi) is 9.03. The molecule has 11 rings (SSSR count). The predicted octanol–water partition coefficient (Wildman–Crippen LogP) is 15.1. The smallest absolute Gasteiger partial charge is 0.252 e. The van der Waals surface area contributed by atoms with Crippen LogP contribution in [0.3, 0.4) is 0 Å². The van der Waals surface area contributed by atoms with Crippen LogP contribution in [0.1, 0.15) is 166 Å². The molecule has 6 aromatic carbocycles. The van der Waals surface area contributed by atoms with Crippen LogP contribution in [-0.4, -0.2) is 6.71 Å². The fraction of sp³-hybridized carbons (Fsp3) is 0.419. The van der Waals surface area contributed by atoms with Crippen molar-refractivity contribution < 1.29 is 0 Å². The predicted molar refractivity (Wildman–Crippen MR) is 281 cm³/mol. The summed E-state index contributed by atoms with van der Waals surface area (Å²) in [5, 5.41) is 0. The minimum absolute atomic E-state index is 0.0544. The Labute approximate surface area is 392 Å². The molecule has 3 heteroatoms. The standard InChI is InChI=1S/C62H71BN2/c1-38-20-23-49-52(30-38)65(51-36-47-45(59(7,8)26-28-61(47,11)12)34-42(51)40-18-16-15-17-19-40)55-32-39(2)31-54-56(55)63(49)50-35-46-48(62(13,14)29-27-60(46,9)10)37-53(50)64(54)41-21-22-43-44(33-41)58(5,6)25-24-57(43,3)4/h15-23,30-37H,24-29H2,1-14H3. The molecule has 0 unspecified atom stereocenters. The summed E-state index contributed by atoms with van der Waals surface area (Å²) in [6.45, 7) is 34.4. The molecular weight excluding hydrogens is 784 g/mol. The van der Waals surface area contributed by atoms with E-state index in [1.807, 2.05) is 0 Å². The van der Waals surface area contributed by atoms with Gasteiger partial charge in [-0.2, -0.15) is 0 Å². The van der Waals surface area contributed by atoms with Crippen LogP contribution in [0.2, 0.25) is 0 Å². The number of fused-ring (bicyclic) bond motifs is 7. The molecule has 5 aliphatic rings. The summed E-state index contributed by atoms with van der Waals surface area (Å²) < 4.78 is 0. The number of benzene rings is 6. The number of rotatable bonds is 3. The van der Waals surface area contributed by atoms with E-state index in [4.69, 9.17) is 0 Å². The van der Waals surface area contributed by atoms with Gasteiger partial charge in [-0.1, -0.05) is 138 Å². The Hall–Kier alpha value is -5.02. The fourth-order valence-electron chi connectivity index (χ4n) is 13.2. The van der Waals surface area contributed by atoms with Crippen LogP contribution >= 0.6 is 0 Å². The summed E-state index contributed by atoms with van der Waals surface area (Å²) in [5.74, 6) is 0. The minimum Gasteiger partial charge on any atom is -0.311 e. The van der Waals surface area contributed by atoms with Crippen LogP contribution in [0.15, 0.2) is 103 Å². The molecule has 2 nitrogen and oxygen atoms in total. The molecule has 332 valence electrons. The van der Waals surface area contributed by atoms with Crippen molar-refractivity contribution in [1.82, 2.24) is 0 Å². The first-order valence-electron chi connectivity index (χ1n) is 24.9. The van der Waals surface area contributed by atoms with E-state index in [0.717, 1.165) is 0 Å². The molecule has 65 heavy (non-hydrogen) atoms. The van der Waals surface area contributed by atoms with Gasteiger partial charge in [0.2, 0.25) is 0 Å². The topological polar surface area (TPSA) is 6.48 Å². The summed E-state index contributed by atoms with van der Waals surface area (Å²) in [6, 6.07) is 41.8. The van der Waals surface area contributed by atoms with Gasteiger partial charge in [0.25, 0.3) is 6.71 Å². The van der Waals surface area contributed by atoms with Crippen molar-refractivity contribution in [2.24, 2.45) is 0 Å². The Balaban J connectivity index is 1.26. The second-order valence-electron chi connectivity index (χ2n) is 25.2. The van der Waals surface area contributed by atoms with E-state index in [2.05, 4.69) is 210 Å². The first-order valence-corrected chi connectivity index (χ1v) is 24.9. The zero-order chi connectivity index (χ0) is 46.0. The van der Waals surface area contributed by atoms with E-state index in [0.29, 0.717) is 0 Å². The molecule has 0 spiro atoms. The van der Waals surface area contributed by atoms with Crippen LogP contribution in [0.25, 0.3) is 11.1 Å². The number of nitrogens with zero attached hydrogens (tertiary/aromatic N) is 2. The van der Waals surface area contributed by atoms with Crippen molar-refractivity contribution in [2.75, 3.05) is 9.80 Å². The molecule has 0 saturated carbocycles. The lowest BCUT2D eigenvalue weighted by molar-refractivity contribution is 0.332. The lowest BCUT2D eigenvalue weighted by Crippen LogP contribution is -2.62. The normalized spacial score (nSPS) is 20.7. The van der Waals surface area contributed by atoms with Gasteiger partial charge in [0.05, 0.1) is 5.69 Å². The van der Waals surface area contributed by atoms with Gasteiger partial charge in [0, 0.05) is 34.0 Å². The van der Waals surface area contributed by atoms with Crippen LogP contribution in [0.4, 0.5) is 34.1 Å². The van der Waals surface area contributed by atoms with Gasteiger partial charge in [-0.25, -0.2) is 0 Å². The highest BCUT2D eigenvalue weighted by Gasteiger charge is 2.48. The maximum atomic E-state index is 2.71. The van der Waals surface area contributed by atoms with Gasteiger partial charge < -0.3 is 9.80 Å². The lowest BCUT2D eigenvalue weighted by atomic mass is 9.33. The van der Waals surface area contributed by atoms with Crippen molar-refractivity contribution in [1.29, 1.82) is 0 Å². The van der Waals surface area contributed by atoms with Gasteiger partial charge in [-0.05, 0) is 200 Å². The third-order valence-corrected chi connectivity index (χ3v) is 17.7. The summed E-state index contributed by atoms with van der Waals surface area (Å²) in [5.41, 5.74) is 26.8. The van der Waals surface area contributed by atoms with Crippen molar-refractivity contribution in [3.63, 3.8) is 0 Å². The van der Waals surface area contributed by atoms with Gasteiger partial charge in [-0.15, -0.1) is 0 Å². The highest BCUT2D eigenvalue weighted by molar-refractivity contribution is 7.00. The number of anilines is 6. The van der Waals surface area contributed by atoms with Crippen molar-refractivity contribution >= 4 is 57.2 Å². The van der Waals surface area contributed by atoms with E-state index in [9.17, 15) is 0 Å². The molecule has 2 aliphatic heterocycles. The summed E-state index contributed by atoms with van der Waals surface area (Å²) >= 11 is 0. The van der Waals surface area contributed by atoms with E-state index >= 15 is 0 Å². The third-order valence-electron chi connectivity index (χ3n) is 17.7. The molecule has 0 fully saturated rings. The molecule has 0 bridgehead atoms. The third kappa shape index (κ3) is 6.33. The highest BCUT2D eigenvalue weighted by atomic mass is 15.2. The lowest BCUT2D eigenvalue weighted by Gasteiger charge is -2.48. The summed E-state index contributed by atoms with van der Waals surface area (Å²) in [6.07, 6.45) is 7.13. The van der Waals surface area contributed by atoms with Crippen LogP contribution in [-0.2, 0) is 32.5 Å². The van der Waals surface area contributed by atoms with Crippen LogP contribution in [0, 0.1) is 13.8 Å². The zero-order valence-electron chi connectivity index (χ0n) is 42.0. The van der Waals surface area contributed by atoms with E-state index in [1.54, 1.807) is 0 Å². The quantitative estimate of drug-likeness (QED) is 0.163. The number of aryl methyl sites for hydroxylation is 2. The van der Waals surface area contributed by atoms with E-state index in [-0.39, 0.29) is 39.2 Å². The zero-order valence-corrected chi connectivity index (χ0v) is 42.0. The van der Waals surface area contributed by atoms with Crippen molar-refractivity contribution in [2.45, 2.75) is 168 Å². The second-order valence-corrected chi connectivity index (χ2v) is 25.2. The Morgan fingerprint density at radius 2 is 0.831 bits per heavy atom. The first kappa shape index (κ1) is 42.6. The van der Waals surface area contributed by atoms with Gasteiger partial charge in [0.15, 0.2) is 0 Å². The van der Waals surface area contributed by atoms with E-state index < -0.39 is 0 Å². The Bertz CT molecular complexity index is 2980. The first-order chi connectivity index (χ1) is 30.5. The SMILES string of the molecule is Cc1ccc2c(c1)N(c1cc3c(cc1-c1ccccc1)C(C)(C)CCC3(C)C)c1cc(C)cc3c1B2c1cc2c(cc1N3c1ccc3c(c1)C(C)(C)CCC3(C)C)C(C)(C)CCC2(C)C. The van der Waals surface area contributed by atoms with Gasteiger partial charge in [0.1, 0.15) is 0 Å². The molecule has 0 aromatic heterocycles. The van der Waals surface area contributed by atoms with Crippen molar-refractivity contribution in [3.05, 3.63) is 148 Å². The maximum absolute atomic E-state index is 2.71. The largest absolute Gasteiger partial charge is 0.311 e. The van der Waals surface area contributed by atoms with Gasteiger partial charge >= 0.3 is 0 Å². The molecule has 0 saturated heterocycles. The van der Waals surface area contributed by atoms with E-state index in [1.165, 1.54) is 145 Å². The molecule has 6 aromatic rings. The average molecular weight is 855 g/mol. The average Bonchev–Trinajstić information content (AvgIpc) is 3.25. The molecule has 0 atom stereocenters. The summed E-state index contributed by atoms with van der Waals surface area (Å²) in [4.78, 5) is 5.42. The van der Waals surface area contributed by atoms with Crippen LogP contribution < -0.4 is 26.2 Å². The molecule has 2 heterocycles. The second kappa shape index (κ2) is 13.8. The molecule has 3 aliphatic carbocycles. The van der Waals surface area contributed by atoms with Gasteiger partial charge in [-0.3, -0.25) is 0 Å². The number of hydrogen-bond acceptors (Lipinski definition) is 2. The molecule has 0 N–H and O–H groups in total. The fourth-order valence-corrected chi connectivity index (χ4v) is 13.2. The minimum atomic E-state index is 0.0544. The maximum Gasteiger partial charge on any atom is 0.252 e.